The second kappa shape index (κ2) is 9.67. The lowest BCUT2D eigenvalue weighted by Crippen LogP contribution is -2.51. The van der Waals surface area contributed by atoms with E-state index in [0.717, 1.165) is 44.9 Å². The molecule has 0 aromatic heterocycles. The van der Waals surface area contributed by atoms with Gasteiger partial charge in [0.15, 0.2) is 5.78 Å². The minimum Gasteiger partial charge on any atom is -0.480 e. The molecule has 2 N–H and O–H groups in total. The summed E-state index contributed by atoms with van der Waals surface area (Å²) in [6.45, 7) is 4.64. The van der Waals surface area contributed by atoms with E-state index < -0.39 is 23.9 Å². The van der Waals surface area contributed by atoms with Crippen LogP contribution in [0.15, 0.2) is 11.6 Å². The molecule has 3 saturated carbocycles. The van der Waals surface area contributed by atoms with E-state index in [1.165, 1.54) is 5.57 Å². The van der Waals surface area contributed by atoms with E-state index in [2.05, 4.69) is 31.8 Å². The number of carboxylic acid groups (broad SMARTS) is 1. The van der Waals surface area contributed by atoms with Crippen molar-refractivity contribution in [2.24, 2.45) is 28.6 Å². The number of ketones is 1. The van der Waals surface area contributed by atoms with Gasteiger partial charge in [0.2, 0.25) is 5.91 Å². The van der Waals surface area contributed by atoms with Crippen LogP contribution in [-0.2, 0) is 23.9 Å². The van der Waals surface area contributed by atoms with Gasteiger partial charge >= 0.3 is 11.9 Å². The van der Waals surface area contributed by atoms with Crippen molar-refractivity contribution < 1.29 is 29.0 Å². The van der Waals surface area contributed by atoms with E-state index in [1.54, 1.807) is 0 Å². The van der Waals surface area contributed by atoms with Crippen LogP contribution >= 0.6 is 12.6 Å². The first-order chi connectivity index (χ1) is 16.1. The summed E-state index contributed by atoms with van der Waals surface area (Å²) in [7, 11) is 0. The van der Waals surface area contributed by atoms with Gasteiger partial charge in [-0.05, 0) is 74.2 Å². The number of rotatable bonds is 7. The molecule has 8 heteroatoms. The maximum Gasteiger partial charge on any atom is 0.327 e. The van der Waals surface area contributed by atoms with Crippen LogP contribution in [-0.4, -0.2) is 46.6 Å². The first kappa shape index (κ1) is 25.3. The van der Waals surface area contributed by atoms with Crippen LogP contribution in [0.2, 0.25) is 0 Å². The van der Waals surface area contributed by atoms with E-state index in [0.29, 0.717) is 24.2 Å². The van der Waals surface area contributed by atoms with Crippen molar-refractivity contribution in [3.63, 3.8) is 0 Å². The zero-order valence-corrected chi connectivity index (χ0v) is 21.1. The molecule has 3 fully saturated rings. The number of fused-ring (bicyclic) bond motifs is 5. The van der Waals surface area contributed by atoms with Gasteiger partial charge < -0.3 is 15.2 Å². The van der Waals surface area contributed by atoms with Crippen LogP contribution in [0.4, 0.5) is 0 Å². The van der Waals surface area contributed by atoms with Gasteiger partial charge in [-0.2, -0.15) is 12.6 Å². The number of hydrogen-bond donors (Lipinski definition) is 3. The van der Waals surface area contributed by atoms with E-state index in [-0.39, 0.29) is 41.3 Å². The molecule has 0 heterocycles. The number of nitrogens with one attached hydrogen (secondary N) is 1. The Bertz CT molecular complexity index is 902. The molecule has 0 saturated heterocycles. The van der Waals surface area contributed by atoms with Crippen molar-refractivity contribution in [1.29, 1.82) is 0 Å². The van der Waals surface area contributed by atoms with Gasteiger partial charge in [0.1, 0.15) is 12.1 Å². The molecule has 4 rings (SSSR count). The molecule has 188 valence electrons. The first-order valence-electron chi connectivity index (χ1n) is 12.6. The highest BCUT2D eigenvalue weighted by Crippen LogP contribution is 2.65. The monoisotopic (exact) mass is 491 g/mol. The number of amides is 1. The molecule has 7 nitrogen and oxygen atoms in total. The van der Waals surface area contributed by atoms with Crippen molar-refractivity contribution in [3.05, 3.63) is 11.6 Å². The molecule has 0 aromatic rings. The highest BCUT2D eigenvalue weighted by atomic mass is 32.1. The normalized spacial score (nSPS) is 37.5. The fraction of sp³-hybridized carbons (Fsp3) is 0.769. The van der Waals surface area contributed by atoms with Crippen molar-refractivity contribution in [3.8, 4) is 0 Å². The molecule has 0 radical (unpaired) electrons. The fourth-order valence-electron chi connectivity index (χ4n) is 7.59. The number of allylic oxidation sites excluding steroid dienone is 1. The summed E-state index contributed by atoms with van der Waals surface area (Å²) in [4.78, 5) is 47.7. The molecule has 4 aliphatic carbocycles. The maximum atomic E-state index is 12.6. The van der Waals surface area contributed by atoms with Crippen LogP contribution in [0.25, 0.3) is 0 Å². The van der Waals surface area contributed by atoms with Crippen molar-refractivity contribution in [2.75, 3.05) is 5.75 Å². The third-order valence-corrected chi connectivity index (χ3v) is 9.89. The van der Waals surface area contributed by atoms with Gasteiger partial charge in [-0.15, -0.1) is 0 Å². The lowest BCUT2D eigenvalue weighted by Gasteiger charge is -2.57. The molecular formula is C26H37NO6S. The van der Waals surface area contributed by atoms with Crippen molar-refractivity contribution in [2.45, 2.75) is 90.2 Å². The van der Waals surface area contributed by atoms with E-state index in [4.69, 9.17) is 9.84 Å². The number of ether oxygens (including phenoxy) is 1. The second-order valence-electron chi connectivity index (χ2n) is 11.2. The molecule has 4 aliphatic rings. The van der Waals surface area contributed by atoms with Gasteiger partial charge in [0, 0.05) is 24.0 Å². The standard InChI is InChI=1S/C26H37NO6S/c1-25-11-9-16(28)13-15(25)3-4-17-18-5-6-21(26(18,2)12-10-19(17)25)33-23(30)8-7-22(29)27-20(14-34)24(31)32/h13,17-21,34H,3-12,14H2,1-2H3,(H,27,29)(H,31,32)/t17?,18?,19?,20?,21?,25-,26-/m0/s1. The molecule has 5 unspecified atom stereocenters. The Kier molecular flexibility index (Phi) is 7.19. The lowest BCUT2D eigenvalue weighted by molar-refractivity contribution is -0.160. The Morgan fingerprint density at radius 2 is 1.88 bits per heavy atom. The van der Waals surface area contributed by atoms with E-state index in [1.807, 2.05) is 6.08 Å². The van der Waals surface area contributed by atoms with Crippen molar-refractivity contribution >= 4 is 36.3 Å². The molecule has 34 heavy (non-hydrogen) atoms. The second-order valence-corrected chi connectivity index (χ2v) is 11.6. The first-order valence-corrected chi connectivity index (χ1v) is 13.3. The lowest BCUT2D eigenvalue weighted by atomic mass is 9.47. The maximum absolute atomic E-state index is 12.6. The van der Waals surface area contributed by atoms with E-state index in [9.17, 15) is 19.2 Å². The van der Waals surface area contributed by atoms with Crippen LogP contribution < -0.4 is 5.32 Å². The Labute approximate surface area is 206 Å². The van der Waals surface area contributed by atoms with Crippen LogP contribution in [0, 0.1) is 28.6 Å². The summed E-state index contributed by atoms with van der Waals surface area (Å²) >= 11 is 3.93. The van der Waals surface area contributed by atoms with Crippen molar-refractivity contribution in [1.82, 2.24) is 5.32 Å². The average Bonchev–Trinajstić information content (AvgIpc) is 3.12. The van der Waals surface area contributed by atoms with Crippen LogP contribution in [0.3, 0.4) is 0 Å². The molecule has 0 aromatic carbocycles. The minimum absolute atomic E-state index is 0.0118. The summed E-state index contributed by atoms with van der Waals surface area (Å²) in [5.74, 6) is -0.0724. The predicted molar refractivity (Wildman–Crippen MR) is 129 cm³/mol. The molecular weight excluding hydrogens is 454 g/mol. The van der Waals surface area contributed by atoms with Gasteiger partial charge in [0.25, 0.3) is 0 Å². The molecule has 0 aliphatic heterocycles. The molecule has 0 bridgehead atoms. The summed E-state index contributed by atoms with van der Waals surface area (Å²) in [5.41, 5.74) is 1.43. The topological polar surface area (TPSA) is 110 Å². The number of carbonyl (C=O) groups is 4. The number of carbonyl (C=O) groups excluding carboxylic acids is 3. The Balaban J connectivity index is 1.35. The largest absolute Gasteiger partial charge is 0.480 e. The third kappa shape index (κ3) is 4.54. The summed E-state index contributed by atoms with van der Waals surface area (Å²) in [5, 5.41) is 11.4. The molecule has 1 amide bonds. The zero-order valence-electron chi connectivity index (χ0n) is 20.2. The van der Waals surface area contributed by atoms with E-state index >= 15 is 0 Å². The minimum atomic E-state index is -1.15. The van der Waals surface area contributed by atoms with Gasteiger partial charge in [-0.1, -0.05) is 19.4 Å². The summed E-state index contributed by atoms with van der Waals surface area (Å²) in [6.07, 6.45) is 9.34. The molecule has 7 atom stereocenters. The number of carboxylic acids is 1. The number of esters is 1. The highest BCUT2D eigenvalue weighted by molar-refractivity contribution is 7.80. The SMILES string of the molecule is C[C@]12CCC3C(CCC4=CC(=O)CC[C@@]43C)C1CCC2OC(=O)CCC(=O)NC(CS)C(=O)O. The summed E-state index contributed by atoms with van der Waals surface area (Å²) < 4.78 is 5.93. The van der Waals surface area contributed by atoms with Crippen LogP contribution in [0.1, 0.15) is 78.1 Å². The smallest absolute Gasteiger partial charge is 0.327 e. The predicted octanol–water partition coefficient (Wildman–Crippen LogP) is 3.71. The quantitative estimate of drug-likeness (QED) is 0.370. The number of aliphatic carboxylic acids is 1. The fourth-order valence-corrected chi connectivity index (χ4v) is 7.84. The molecule has 0 spiro atoms. The Morgan fingerprint density at radius 1 is 1.12 bits per heavy atom. The summed E-state index contributed by atoms with van der Waals surface area (Å²) in [6, 6.07) is -1.06. The Hall–Kier alpha value is -1.83. The van der Waals surface area contributed by atoms with Gasteiger partial charge in [-0.3, -0.25) is 14.4 Å². The zero-order chi connectivity index (χ0) is 24.7. The number of thiol groups is 1. The average molecular weight is 492 g/mol. The van der Waals surface area contributed by atoms with Gasteiger partial charge in [0.05, 0.1) is 6.42 Å². The third-order valence-electron chi connectivity index (χ3n) is 9.52. The van der Waals surface area contributed by atoms with Crippen LogP contribution in [0.5, 0.6) is 0 Å². The highest BCUT2D eigenvalue weighted by Gasteiger charge is 2.59. The number of hydrogen-bond acceptors (Lipinski definition) is 6. The van der Waals surface area contributed by atoms with Gasteiger partial charge in [-0.25, -0.2) is 4.79 Å². The Morgan fingerprint density at radius 3 is 2.59 bits per heavy atom.